The van der Waals surface area contributed by atoms with Gasteiger partial charge in [-0.25, -0.2) is 0 Å². The van der Waals surface area contributed by atoms with Crippen LogP contribution in [0.3, 0.4) is 0 Å². The molecule has 0 aromatic heterocycles. The molecule has 0 atom stereocenters. The third kappa shape index (κ3) is 6.48. The standard InChI is InChI=1S/C33H37.3ClH.Ti/c1-21(2)31-10-9-11-32(31)33(28-15-22(3)12-23(4)16-28,29-17-24(5)13-25(6)18-29)30-19-26(7)14-27(8)20-30;;;;/h9,12-21H,11H2,1-8H3;3*1H;/q;;;;+3/p-3. The van der Waals surface area contributed by atoms with E-state index in [4.69, 9.17) is 0 Å². The van der Waals surface area contributed by atoms with E-state index in [-0.39, 0.29) is 42.6 Å². The minimum Gasteiger partial charge on any atom is -1.00 e. The van der Waals surface area contributed by atoms with E-state index in [0.29, 0.717) is 5.92 Å². The number of benzene rings is 3. The second-order valence-electron chi connectivity index (χ2n) is 10.7. The molecule has 0 N–H and O–H groups in total. The molecule has 1 aliphatic carbocycles. The van der Waals surface area contributed by atoms with Gasteiger partial charge in [0, 0.05) is 0 Å². The van der Waals surface area contributed by atoms with Crippen molar-refractivity contribution < 1.29 is 57.7 Å². The molecule has 4 rings (SSSR count). The Balaban J connectivity index is 0.00000228. The average molecular weight is 588 g/mol. The van der Waals surface area contributed by atoms with Gasteiger partial charge in [0.15, 0.2) is 0 Å². The summed E-state index contributed by atoms with van der Waals surface area (Å²) in [5.41, 5.74) is 14.8. The van der Waals surface area contributed by atoms with Crippen LogP contribution < -0.4 is 37.2 Å². The van der Waals surface area contributed by atoms with Crippen LogP contribution in [0.1, 0.15) is 70.3 Å². The Kier molecular flexibility index (Phi) is 12.0. The van der Waals surface area contributed by atoms with E-state index in [1.807, 2.05) is 0 Å². The fourth-order valence-electron chi connectivity index (χ4n) is 6.20. The van der Waals surface area contributed by atoms with Gasteiger partial charge in [-0.2, -0.15) is 0 Å². The van der Waals surface area contributed by atoms with Gasteiger partial charge in [-0.15, -0.1) is 0 Å². The summed E-state index contributed by atoms with van der Waals surface area (Å²) in [6.45, 7) is 18.1. The number of rotatable bonds is 5. The molecule has 0 aliphatic heterocycles. The monoisotopic (exact) mass is 586 g/mol. The molecule has 4 heteroatoms. The zero-order chi connectivity index (χ0) is 24.8. The van der Waals surface area contributed by atoms with Crippen molar-refractivity contribution >= 4 is 0 Å². The topological polar surface area (TPSA) is 0 Å². The van der Waals surface area contributed by atoms with Crippen LogP contribution >= 0.6 is 0 Å². The van der Waals surface area contributed by atoms with Crippen molar-refractivity contribution in [2.24, 2.45) is 5.92 Å². The molecular formula is C33H37Cl3Ti. The van der Waals surface area contributed by atoms with Gasteiger partial charge in [-0.3, -0.25) is 0 Å². The van der Waals surface area contributed by atoms with Crippen molar-refractivity contribution in [3.05, 3.63) is 126 Å². The molecule has 0 bridgehead atoms. The van der Waals surface area contributed by atoms with Crippen molar-refractivity contribution in [3.63, 3.8) is 0 Å². The van der Waals surface area contributed by atoms with Crippen molar-refractivity contribution in [1.29, 1.82) is 0 Å². The molecule has 0 saturated heterocycles. The SMILES string of the molecule is Cc1cc(C)cc(C(C2=C(C(C)C)[C]([Ti+3])=CC2)(c2cc(C)cc(C)c2)c2cc(C)cc(C)c2)c1.[Cl-].[Cl-].[Cl-]. The van der Waals surface area contributed by atoms with Gasteiger partial charge < -0.3 is 37.2 Å². The number of hydrogen-bond acceptors (Lipinski definition) is 0. The van der Waals surface area contributed by atoms with E-state index in [9.17, 15) is 0 Å². The van der Waals surface area contributed by atoms with E-state index in [2.05, 4.69) is 136 Å². The molecule has 0 amide bonds. The van der Waals surface area contributed by atoms with Crippen molar-refractivity contribution in [2.75, 3.05) is 0 Å². The van der Waals surface area contributed by atoms with E-state index in [1.165, 1.54) is 59.5 Å². The molecule has 0 fully saturated rings. The van der Waals surface area contributed by atoms with E-state index >= 15 is 0 Å². The minimum absolute atomic E-state index is 0. The first-order valence-corrected chi connectivity index (χ1v) is 13.2. The molecule has 3 aromatic rings. The maximum Gasteiger partial charge on any atom is -1.00 e. The number of aryl methyl sites for hydroxylation is 6. The van der Waals surface area contributed by atoms with E-state index in [0.717, 1.165) is 6.42 Å². The first kappa shape index (κ1) is 33.8. The second kappa shape index (κ2) is 13.2. The van der Waals surface area contributed by atoms with Crippen LogP contribution in [-0.2, 0) is 25.9 Å². The molecule has 37 heavy (non-hydrogen) atoms. The summed E-state index contributed by atoms with van der Waals surface area (Å²) in [5, 5.41) is 0. The fraction of sp³-hybridized carbons (Fsp3) is 0.333. The molecular weight excluding hydrogens is 551 g/mol. The molecule has 0 heterocycles. The van der Waals surface area contributed by atoms with Gasteiger partial charge in [0.05, 0.1) is 0 Å². The van der Waals surface area contributed by atoms with Gasteiger partial charge in [0.1, 0.15) is 0 Å². The quantitative estimate of drug-likeness (QED) is 0.284. The maximum atomic E-state index is 2.45. The summed E-state index contributed by atoms with van der Waals surface area (Å²) in [6, 6.07) is 21.5. The Morgan fingerprint density at radius 1 is 0.568 bits per heavy atom. The third-order valence-electron chi connectivity index (χ3n) is 7.12. The van der Waals surface area contributed by atoms with Crippen molar-refractivity contribution in [3.8, 4) is 0 Å². The first-order valence-electron chi connectivity index (χ1n) is 12.4. The van der Waals surface area contributed by atoms with Crippen LogP contribution in [-0.4, -0.2) is 0 Å². The smallest absolute Gasteiger partial charge is 1.00 e. The zero-order valence-corrected chi connectivity index (χ0v) is 27.0. The van der Waals surface area contributed by atoms with Crippen LogP contribution in [0.2, 0.25) is 0 Å². The molecule has 0 unspecified atom stereocenters. The molecule has 0 nitrogen and oxygen atoms in total. The van der Waals surface area contributed by atoms with Crippen LogP contribution in [0.15, 0.2) is 75.7 Å². The van der Waals surface area contributed by atoms with Crippen LogP contribution in [0, 0.1) is 47.5 Å². The second-order valence-corrected chi connectivity index (χ2v) is 11.6. The van der Waals surface area contributed by atoms with Crippen LogP contribution in [0.25, 0.3) is 0 Å². The zero-order valence-electron chi connectivity index (χ0n) is 23.2. The number of allylic oxidation sites excluding steroid dienone is 4. The predicted octanol–water partition coefficient (Wildman–Crippen LogP) is -0.329. The number of halogens is 3. The summed E-state index contributed by atoms with van der Waals surface area (Å²) >= 11 is 2.30. The third-order valence-corrected chi connectivity index (χ3v) is 7.86. The fourth-order valence-corrected chi connectivity index (χ4v) is 7.04. The van der Waals surface area contributed by atoms with Crippen molar-refractivity contribution in [2.45, 2.75) is 67.2 Å². The first-order chi connectivity index (χ1) is 16.0. The van der Waals surface area contributed by atoms with Crippen LogP contribution in [0.5, 0.6) is 0 Å². The Morgan fingerprint density at radius 3 is 1.14 bits per heavy atom. The number of hydrogen-bond donors (Lipinski definition) is 0. The van der Waals surface area contributed by atoms with E-state index in [1.54, 1.807) is 5.57 Å². The molecule has 1 aliphatic rings. The molecule has 0 saturated carbocycles. The van der Waals surface area contributed by atoms with Crippen molar-refractivity contribution in [1.82, 2.24) is 0 Å². The summed E-state index contributed by atoms with van der Waals surface area (Å²) in [7, 11) is 0. The summed E-state index contributed by atoms with van der Waals surface area (Å²) in [4.78, 5) is 0. The normalized spacial score (nSPS) is 13.1. The molecule has 3 aromatic carbocycles. The summed E-state index contributed by atoms with van der Waals surface area (Å²) in [6.07, 6.45) is 3.44. The average Bonchev–Trinajstić information content (AvgIpc) is 3.08. The summed E-state index contributed by atoms with van der Waals surface area (Å²) in [5.74, 6) is 0.468. The molecule has 0 spiro atoms. The molecule has 194 valence electrons. The Labute approximate surface area is 255 Å². The Hall–Kier alpha value is -1.28. The van der Waals surface area contributed by atoms with Crippen LogP contribution in [0.4, 0.5) is 0 Å². The van der Waals surface area contributed by atoms with Gasteiger partial charge in [-0.05, 0) is 0 Å². The minimum atomic E-state index is -0.335. The predicted molar refractivity (Wildman–Crippen MR) is 142 cm³/mol. The van der Waals surface area contributed by atoms with Gasteiger partial charge in [0.25, 0.3) is 0 Å². The Morgan fingerprint density at radius 2 is 0.865 bits per heavy atom. The summed E-state index contributed by atoms with van der Waals surface area (Å²) < 4.78 is 1.44. The van der Waals surface area contributed by atoms with Gasteiger partial charge >= 0.3 is 219 Å². The van der Waals surface area contributed by atoms with Gasteiger partial charge in [-0.1, -0.05) is 0 Å². The van der Waals surface area contributed by atoms with Gasteiger partial charge in [0.2, 0.25) is 0 Å². The maximum absolute atomic E-state index is 2.45. The van der Waals surface area contributed by atoms with E-state index < -0.39 is 0 Å². The Bertz CT molecular complexity index is 1150. The molecule has 0 radical (unpaired) electrons. The largest absolute Gasteiger partial charge is 1.00 e.